The summed E-state index contributed by atoms with van der Waals surface area (Å²) < 4.78 is 24.9. The second-order valence-electron chi connectivity index (χ2n) is 5.25. The van der Waals surface area contributed by atoms with Crippen molar-refractivity contribution in [1.29, 1.82) is 0 Å². The van der Waals surface area contributed by atoms with Crippen LogP contribution in [-0.4, -0.2) is 17.7 Å². The van der Waals surface area contributed by atoms with Crippen LogP contribution in [0.5, 0.6) is 11.5 Å². The summed E-state index contributed by atoms with van der Waals surface area (Å²) in [6.07, 6.45) is 2.60. The molecule has 0 saturated heterocycles. The molecule has 25 heavy (non-hydrogen) atoms. The molecule has 1 amide bonds. The van der Waals surface area contributed by atoms with Crippen LogP contribution in [0.1, 0.15) is 6.92 Å². The summed E-state index contributed by atoms with van der Waals surface area (Å²) in [6.45, 7) is 4.87. The van der Waals surface area contributed by atoms with Crippen LogP contribution in [0, 0.1) is 0 Å². The quantitative estimate of drug-likeness (QED) is 0.596. The molecule has 3 rings (SSSR count). The average Bonchev–Trinajstić information content (AvgIpc) is 3.07. The Hall–Kier alpha value is -2.67. The number of rotatable bonds is 4. The number of halogens is 2. The molecular formula is C18H14BrFN2O3. The highest BCUT2D eigenvalue weighted by atomic mass is 79.9. The van der Waals surface area contributed by atoms with Gasteiger partial charge in [0.15, 0.2) is 11.5 Å². The molecule has 5 nitrogen and oxygen atoms in total. The molecule has 0 saturated carbocycles. The number of ether oxygens (including phenoxy) is 2. The minimum Gasteiger partial charge on any atom is -0.454 e. The van der Waals surface area contributed by atoms with E-state index in [2.05, 4.69) is 32.8 Å². The Balaban J connectivity index is 1.82. The third-order valence-electron chi connectivity index (χ3n) is 3.66. The van der Waals surface area contributed by atoms with Gasteiger partial charge in [-0.1, -0.05) is 22.5 Å². The summed E-state index contributed by atoms with van der Waals surface area (Å²) >= 11 is 3.50. The van der Waals surface area contributed by atoms with Crippen LogP contribution < -0.4 is 14.8 Å². The van der Waals surface area contributed by atoms with Gasteiger partial charge in [-0.2, -0.15) is 0 Å². The van der Waals surface area contributed by atoms with Gasteiger partial charge in [0, 0.05) is 27.4 Å². The summed E-state index contributed by atoms with van der Waals surface area (Å²) in [7, 11) is 0. The van der Waals surface area contributed by atoms with E-state index in [1.165, 1.54) is 6.92 Å². The molecule has 1 aromatic carbocycles. The van der Waals surface area contributed by atoms with Crippen molar-refractivity contribution in [3.63, 3.8) is 0 Å². The number of nitrogens with zero attached hydrogens (tertiary/aromatic N) is 1. The van der Waals surface area contributed by atoms with Crippen molar-refractivity contribution in [2.75, 3.05) is 12.1 Å². The third-order valence-corrected chi connectivity index (χ3v) is 4.31. The highest BCUT2D eigenvalue weighted by molar-refractivity contribution is 9.10. The van der Waals surface area contributed by atoms with Crippen LogP contribution in [0.3, 0.4) is 0 Å². The summed E-state index contributed by atoms with van der Waals surface area (Å²) in [6, 6.07) is 7.13. The number of aromatic nitrogens is 1. The molecule has 0 atom stereocenters. The fourth-order valence-corrected chi connectivity index (χ4v) is 2.79. The van der Waals surface area contributed by atoms with Gasteiger partial charge >= 0.3 is 0 Å². The lowest BCUT2D eigenvalue weighted by molar-refractivity contribution is -0.112. The SMILES string of the molecule is C=C/C(F)=C(\C)C(=O)Nc1ccc(-c2cc3c(cc2Br)OCO3)cn1. The summed E-state index contributed by atoms with van der Waals surface area (Å²) in [5, 5.41) is 2.54. The van der Waals surface area contributed by atoms with E-state index >= 15 is 0 Å². The number of carbonyl (C=O) groups excluding carboxylic acids is 1. The molecule has 0 bridgehead atoms. The first-order valence-corrected chi connectivity index (χ1v) is 8.14. The normalized spacial score (nSPS) is 13.2. The Morgan fingerprint density at radius 1 is 1.36 bits per heavy atom. The first-order chi connectivity index (χ1) is 12.0. The van der Waals surface area contributed by atoms with Crippen LogP contribution in [0.2, 0.25) is 0 Å². The number of amides is 1. The van der Waals surface area contributed by atoms with Gasteiger partial charge in [-0.25, -0.2) is 9.37 Å². The molecule has 7 heteroatoms. The van der Waals surface area contributed by atoms with Crippen LogP contribution in [0.15, 0.2) is 59.0 Å². The molecule has 1 N–H and O–H groups in total. The number of benzene rings is 1. The molecule has 0 aliphatic carbocycles. The van der Waals surface area contributed by atoms with Crippen molar-refractivity contribution < 1.29 is 18.7 Å². The van der Waals surface area contributed by atoms with Crippen molar-refractivity contribution in [3.05, 3.63) is 59.0 Å². The topological polar surface area (TPSA) is 60.5 Å². The first-order valence-electron chi connectivity index (χ1n) is 7.35. The molecule has 0 spiro atoms. The average molecular weight is 405 g/mol. The third kappa shape index (κ3) is 3.56. The van der Waals surface area contributed by atoms with Crippen molar-refractivity contribution in [1.82, 2.24) is 4.98 Å². The van der Waals surface area contributed by atoms with Crippen LogP contribution in [-0.2, 0) is 4.79 Å². The maximum Gasteiger partial charge on any atom is 0.255 e. The molecule has 0 unspecified atom stereocenters. The second kappa shape index (κ2) is 7.06. The monoisotopic (exact) mass is 404 g/mol. The smallest absolute Gasteiger partial charge is 0.255 e. The summed E-state index contributed by atoms with van der Waals surface area (Å²) in [4.78, 5) is 16.1. The van der Waals surface area contributed by atoms with Gasteiger partial charge in [-0.05, 0) is 37.3 Å². The van der Waals surface area contributed by atoms with E-state index in [1.54, 1.807) is 18.3 Å². The van der Waals surface area contributed by atoms with E-state index in [1.807, 2.05) is 12.1 Å². The van der Waals surface area contributed by atoms with E-state index in [0.717, 1.165) is 21.7 Å². The largest absolute Gasteiger partial charge is 0.454 e. The van der Waals surface area contributed by atoms with Crippen LogP contribution in [0.25, 0.3) is 11.1 Å². The fraction of sp³-hybridized carbons (Fsp3) is 0.111. The van der Waals surface area contributed by atoms with Crippen LogP contribution in [0.4, 0.5) is 10.2 Å². The summed E-state index contributed by atoms with van der Waals surface area (Å²) in [5.74, 6) is 0.428. The number of hydrogen-bond acceptors (Lipinski definition) is 4. The van der Waals surface area contributed by atoms with Gasteiger partial charge in [0.25, 0.3) is 5.91 Å². The lowest BCUT2D eigenvalue weighted by Crippen LogP contribution is -2.14. The maximum absolute atomic E-state index is 13.4. The molecule has 1 aliphatic heterocycles. The number of allylic oxidation sites excluding steroid dienone is 2. The highest BCUT2D eigenvalue weighted by Gasteiger charge is 2.17. The molecule has 1 aliphatic rings. The van der Waals surface area contributed by atoms with E-state index < -0.39 is 11.7 Å². The van der Waals surface area contributed by atoms with Crippen molar-refractivity contribution in [2.24, 2.45) is 0 Å². The predicted molar refractivity (Wildman–Crippen MR) is 96.1 cm³/mol. The number of hydrogen-bond donors (Lipinski definition) is 1. The Labute approximate surface area is 152 Å². The molecule has 0 fully saturated rings. The number of anilines is 1. The van der Waals surface area contributed by atoms with Gasteiger partial charge in [-0.15, -0.1) is 0 Å². The van der Waals surface area contributed by atoms with Gasteiger partial charge in [0.2, 0.25) is 6.79 Å². The predicted octanol–water partition coefficient (Wildman–Crippen LogP) is 4.61. The Morgan fingerprint density at radius 2 is 2.08 bits per heavy atom. The van der Waals surface area contributed by atoms with Crippen LogP contribution >= 0.6 is 15.9 Å². The standard InChI is InChI=1S/C18H14BrFN2O3/c1-3-14(20)10(2)18(23)22-17-5-4-11(8-21-17)12-6-15-16(7-13(12)19)25-9-24-15/h3-8H,1,9H2,2H3,(H,21,22,23)/b14-10-. The van der Waals surface area contributed by atoms with E-state index in [9.17, 15) is 9.18 Å². The van der Waals surface area contributed by atoms with Gasteiger partial charge in [0.1, 0.15) is 11.6 Å². The Kier molecular flexibility index (Phi) is 4.85. The number of pyridine rings is 1. The summed E-state index contributed by atoms with van der Waals surface area (Å²) in [5.41, 5.74) is 1.65. The Morgan fingerprint density at radius 3 is 2.72 bits per heavy atom. The lowest BCUT2D eigenvalue weighted by Gasteiger charge is -2.08. The maximum atomic E-state index is 13.4. The number of nitrogens with one attached hydrogen (secondary N) is 1. The molecule has 2 heterocycles. The van der Waals surface area contributed by atoms with Crippen molar-refractivity contribution in [2.45, 2.75) is 6.92 Å². The van der Waals surface area contributed by atoms with Gasteiger partial charge in [0.05, 0.1) is 0 Å². The zero-order valence-corrected chi connectivity index (χ0v) is 14.9. The molecule has 0 radical (unpaired) electrons. The molecular weight excluding hydrogens is 391 g/mol. The number of fused-ring (bicyclic) bond motifs is 1. The number of carbonyl (C=O) groups is 1. The Bertz CT molecular complexity index is 879. The van der Waals surface area contributed by atoms with Gasteiger partial charge in [-0.3, -0.25) is 4.79 Å². The second-order valence-corrected chi connectivity index (χ2v) is 6.10. The van der Waals surface area contributed by atoms with Crippen molar-refractivity contribution >= 4 is 27.7 Å². The zero-order valence-electron chi connectivity index (χ0n) is 13.3. The minimum atomic E-state index is -0.668. The first kappa shape index (κ1) is 17.2. The highest BCUT2D eigenvalue weighted by Crippen LogP contribution is 2.40. The molecule has 128 valence electrons. The minimum absolute atomic E-state index is 0.0561. The lowest BCUT2D eigenvalue weighted by atomic mass is 10.1. The van der Waals surface area contributed by atoms with E-state index in [4.69, 9.17) is 9.47 Å². The van der Waals surface area contributed by atoms with Gasteiger partial charge < -0.3 is 14.8 Å². The van der Waals surface area contributed by atoms with E-state index in [-0.39, 0.29) is 12.4 Å². The molecule has 2 aromatic rings. The zero-order chi connectivity index (χ0) is 18.0. The molecule has 1 aromatic heterocycles. The van der Waals surface area contributed by atoms with Crippen molar-refractivity contribution in [3.8, 4) is 22.6 Å². The van der Waals surface area contributed by atoms with E-state index in [0.29, 0.717) is 17.3 Å². The fourth-order valence-electron chi connectivity index (χ4n) is 2.24.